The average molecular weight is 423 g/mol. The van der Waals surface area contributed by atoms with Crippen LogP contribution in [-0.2, 0) is 11.8 Å². The van der Waals surface area contributed by atoms with E-state index in [1.165, 1.54) is 18.2 Å². The maximum Gasteiger partial charge on any atom is 2.00 e. The van der Waals surface area contributed by atoms with E-state index in [0.29, 0.717) is 0 Å². The summed E-state index contributed by atoms with van der Waals surface area (Å²) in [5.41, 5.74) is -5.05. The number of hydrogen-bond acceptors (Lipinski definition) is 0. The predicted molar refractivity (Wildman–Crippen MR) is 68.4 cm³/mol. The fourth-order valence-corrected chi connectivity index (χ4v) is 1.96. The molecule has 0 fully saturated rings. The van der Waals surface area contributed by atoms with E-state index in [0.717, 1.165) is 12.1 Å². The molecule has 0 bridgehead atoms. The normalized spacial score (nSPS) is 13.2. The minimum absolute atomic E-state index is 0. The van der Waals surface area contributed by atoms with Gasteiger partial charge in [0.25, 0.3) is 0 Å². The molecular formula is C14H5ClF10Mg. The third-order valence-corrected chi connectivity index (χ3v) is 3.15. The van der Waals surface area contributed by atoms with Gasteiger partial charge >= 0.3 is 47.3 Å². The van der Waals surface area contributed by atoms with Crippen molar-refractivity contribution in [1.82, 2.24) is 0 Å². The summed E-state index contributed by atoms with van der Waals surface area (Å²) in [6.07, 6.45) is -12.7. The van der Waals surface area contributed by atoms with Gasteiger partial charge in [-0.2, -0.15) is 35.1 Å². The van der Waals surface area contributed by atoms with Gasteiger partial charge in [0, 0.05) is 0 Å². The number of alkyl halides is 10. The number of halogens is 11. The van der Waals surface area contributed by atoms with Gasteiger partial charge in [0.05, 0.1) is 0 Å². The van der Waals surface area contributed by atoms with Gasteiger partial charge in [-0.05, 0) is 11.1 Å². The number of hydrogen-bond donors (Lipinski definition) is 0. The van der Waals surface area contributed by atoms with E-state index in [2.05, 4.69) is 0 Å². The molecule has 0 saturated carbocycles. The maximum absolute atomic E-state index is 13.5. The summed E-state index contributed by atoms with van der Waals surface area (Å²) in [5.74, 6) is -11.9. The van der Waals surface area contributed by atoms with Crippen LogP contribution in [0.4, 0.5) is 43.9 Å². The van der Waals surface area contributed by atoms with Crippen molar-refractivity contribution in [2.24, 2.45) is 0 Å². The first kappa shape index (κ1) is 25.1. The summed E-state index contributed by atoms with van der Waals surface area (Å²) >= 11 is 0. The van der Waals surface area contributed by atoms with E-state index in [1.807, 2.05) is 0 Å². The SMILES string of the molecule is FC(F)(F)C(F)(F)c1[c-]c2ccccc2cc1C(F)(F)C(F)(F)F.[Cl-].[Mg+2]. The molecular weight excluding hydrogens is 418 g/mol. The van der Waals surface area contributed by atoms with Crippen molar-refractivity contribution in [2.45, 2.75) is 24.2 Å². The van der Waals surface area contributed by atoms with E-state index >= 15 is 0 Å². The summed E-state index contributed by atoms with van der Waals surface area (Å²) < 4.78 is 129. The minimum Gasteiger partial charge on any atom is -1.00 e. The third kappa shape index (κ3) is 4.14. The molecule has 0 spiro atoms. The van der Waals surface area contributed by atoms with Gasteiger partial charge < -0.3 is 12.4 Å². The molecule has 0 atom stereocenters. The predicted octanol–water partition coefficient (Wildman–Crippen LogP) is 2.57. The molecule has 0 heterocycles. The zero-order chi connectivity index (χ0) is 18.6. The van der Waals surface area contributed by atoms with Gasteiger partial charge in [-0.3, -0.25) is 0 Å². The van der Waals surface area contributed by atoms with Gasteiger partial charge in [0.2, 0.25) is 0 Å². The van der Waals surface area contributed by atoms with Crippen LogP contribution in [0, 0.1) is 6.07 Å². The smallest absolute Gasteiger partial charge is 1.00 e. The van der Waals surface area contributed by atoms with Crippen LogP contribution in [0.3, 0.4) is 0 Å². The molecule has 2 aromatic carbocycles. The molecule has 0 aliphatic rings. The first-order valence-electron chi connectivity index (χ1n) is 6.04. The van der Waals surface area contributed by atoms with Crippen molar-refractivity contribution in [1.29, 1.82) is 0 Å². The second-order valence-corrected chi connectivity index (χ2v) is 4.79. The Labute approximate surface area is 162 Å². The second kappa shape index (κ2) is 7.59. The Kier molecular flexibility index (Phi) is 7.31. The molecule has 0 aromatic heterocycles. The monoisotopic (exact) mass is 422 g/mol. The van der Waals surface area contributed by atoms with Crippen molar-refractivity contribution < 1.29 is 56.3 Å². The van der Waals surface area contributed by atoms with Gasteiger partial charge in [-0.1, -0.05) is 12.1 Å². The zero-order valence-electron chi connectivity index (χ0n) is 12.3. The van der Waals surface area contributed by atoms with Crippen molar-refractivity contribution in [3.8, 4) is 0 Å². The Morgan fingerprint density at radius 3 is 1.62 bits per heavy atom. The van der Waals surface area contributed by atoms with E-state index < -0.39 is 46.1 Å². The largest absolute Gasteiger partial charge is 2.00 e. The van der Waals surface area contributed by atoms with Crippen LogP contribution in [0.5, 0.6) is 0 Å². The Balaban J connectivity index is 0.00000312. The molecule has 0 amide bonds. The van der Waals surface area contributed by atoms with Crippen LogP contribution in [0.25, 0.3) is 10.8 Å². The summed E-state index contributed by atoms with van der Waals surface area (Å²) in [6.45, 7) is 0. The number of fused-ring (bicyclic) bond motifs is 1. The Morgan fingerprint density at radius 2 is 1.15 bits per heavy atom. The third-order valence-electron chi connectivity index (χ3n) is 3.15. The quantitative estimate of drug-likeness (QED) is 0.396. The molecule has 0 unspecified atom stereocenters. The maximum atomic E-state index is 13.5. The van der Waals surface area contributed by atoms with Crippen molar-refractivity contribution >= 4 is 33.8 Å². The summed E-state index contributed by atoms with van der Waals surface area (Å²) in [6, 6.07) is 5.64. The van der Waals surface area contributed by atoms with Crippen LogP contribution in [-0.4, -0.2) is 35.4 Å². The van der Waals surface area contributed by atoms with Crippen LogP contribution < -0.4 is 12.4 Å². The number of rotatable bonds is 2. The first-order valence-corrected chi connectivity index (χ1v) is 6.04. The van der Waals surface area contributed by atoms with Crippen molar-refractivity contribution in [2.75, 3.05) is 0 Å². The topological polar surface area (TPSA) is 0 Å². The standard InChI is InChI=1S/C14H5F10.ClH.Mg/c15-11(16,13(19,20)21)9-5-7-3-1-2-4-8(7)6-10(9)12(17,18)14(22,23)24;;/h1-5H;1H;/q-1;;+2/p-1. The molecule has 12 heteroatoms. The Bertz CT molecular complexity index is 702. The molecule has 0 N–H and O–H groups in total. The van der Waals surface area contributed by atoms with Crippen LogP contribution in [0.2, 0.25) is 0 Å². The fraction of sp³-hybridized carbons (Fsp3) is 0.286. The average Bonchev–Trinajstić information content (AvgIpc) is 2.43. The summed E-state index contributed by atoms with van der Waals surface area (Å²) in [7, 11) is 0. The van der Waals surface area contributed by atoms with Crippen LogP contribution in [0.15, 0.2) is 30.3 Å². The molecule has 2 rings (SSSR count). The fourth-order valence-electron chi connectivity index (χ4n) is 1.96. The molecule has 2 aromatic rings. The second-order valence-electron chi connectivity index (χ2n) is 4.79. The van der Waals surface area contributed by atoms with Gasteiger partial charge in [0.15, 0.2) is 0 Å². The summed E-state index contributed by atoms with van der Waals surface area (Å²) in [5, 5.41) is -0.851. The van der Waals surface area contributed by atoms with Gasteiger partial charge in [-0.25, -0.2) is 8.78 Å². The zero-order valence-corrected chi connectivity index (χ0v) is 14.4. The van der Waals surface area contributed by atoms with Crippen molar-refractivity contribution in [3.05, 3.63) is 47.5 Å². The Morgan fingerprint density at radius 1 is 0.692 bits per heavy atom. The van der Waals surface area contributed by atoms with E-state index in [1.54, 1.807) is 0 Å². The van der Waals surface area contributed by atoms with E-state index in [4.69, 9.17) is 0 Å². The molecule has 0 saturated heterocycles. The van der Waals surface area contributed by atoms with E-state index in [9.17, 15) is 43.9 Å². The first-order chi connectivity index (χ1) is 10.7. The van der Waals surface area contributed by atoms with Gasteiger partial charge in [0.1, 0.15) is 0 Å². The molecule has 140 valence electrons. The van der Waals surface area contributed by atoms with Crippen LogP contribution >= 0.6 is 0 Å². The molecule has 0 radical (unpaired) electrons. The minimum atomic E-state index is -6.37. The van der Waals surface area contributed by atoms with Crippen LogP contribution in [0.1, 0.15) is 11.1 Å². The van der Waals surface area contributed by atoms with Crippen molar-refractivity contribution in [3.63, 3.8) is 0 Å². The molecule has 0 aliphatic carbocycles. The molecule has 26 heavy (non-hydrogen) atoms. The molecule has 0 aliphatic heterocycles. The number of benzene rings is 2. The van der Waals surface area contributed by atoms with E-state index in [-0.39, 0.29) is 41.5 Å². The van der Waals surface area contributed by atoms with Gasteiger partial charge in [-0.15, -0.1) is 35.0 Å². The molecule has 0 nitrogen and oxygen atoms in total. The Hall–Kier alpha value is -0.944. The summed E-state index contributed by atoms with van der Waals surface area (Å²) in [4.78, 5) is 0.